The van der Waals surface area contributed by atoms with Gasteiger partial charge in [-0.1, -0.05) is 6.08 Å². The first kappa shape index (κ1) is 16.2. The summed E-state index contributed by atoms with van der Waals surface area (Å²) in [5.41, 5.74) is 0. The van der Waals surface area contributed by atoms with Crippen LogP contribution in [0.2, 0.25) is 0 Å². The van der Waals surface area contributed by atoms with Crippen molar-refractivity contribution in [2.45, 2.75) is 25.6 Å². The summed E-state index contributed by atoms with van der Waals surface area (Å²) in [5, 5.41) is 0. The number of halogens is 6. The van der Waals surface area contributed by atoms with Crippen LogP contribution in [-0.4, -0.2) is 25.9 Å². The molecule has 0 aromatic carbocycles. The minimum Gasteiger partial charge on any atom is -0.292 e. The zero-order valence-electron chi connectivity index (χ0n) is 8.77. The van der Waals surface area contributed by atoms with Gasteiger partial charge in [-0.3, -0.25) is 9.47 Å². The van der Waals surface area contributed by atoms with Crippen molar-refractivity contribution in [2.75, 3.05) is 13.2 Å². The zero-order valence-corrected chi connectivity index (χ0v) is 8.77. The maximum absolute atomic E-state index is 11.7. The Balaban J connectivity index is 4.09. The smallest absolute Gasteiger partial charge is 0.292 e. The molecule has 0 aromatic heterocycles. The molecule has 0 saturated heterocycles. The summed E-state index contributed by atoms with van der Waals surface area (Å²) in [7, 11) is 0. The van der Waals surface area contributed by atoms with Gasteiger partial charge in [-0.25, -0.2) is 0 Å². The highest BCUT2D eigenvalue weighted by molar-refractivity contribution is 4.70. The van der Waals surface area contributed by atoms with Crippen LogP contribution in [0.1, 0.15) is 12.8 Å². The lowest BCUT2D eigenvalue weighted by Gasteiger charge is -2.18. The number of rotatable bonds is 7. The Morgan fingerprint density at radius 2 is 1.35 bits per heavy atom. The minimum absolute atomic E-state index is 0.0790. The molecule has 0 radical (unpaired) electrons. The molecular formula is C9H12F6O2. The number of hydrogen-bond acceptors (Lipinski definition) is 2. The lowest BCUT2D eigenvalue weighted by Crippen LogP contribution is -2.26. The third-order valence-corrected chi connectivity index (χ3v) is 1.74. The van der Waals surface area contributed by atoms with E-state index in [0.29, 0.717) is 0 Å². The fraction of sp³-hybridized carbons (Fsp3) is 0.778. The van der Waals surface area contributed by atoms with E-state index in [-0.39, 0.29) is 12.8 Å². The molecule has 0 atom stereocenters. The van der Waals surface area contributed by atoms with Crippen LogP contribution in [0.5, 0.6) is 0 Å². The maximum Gasteiger partial charge on any atom is 0.522 e. The molecule has 0 unspecified atom stereocenters. The van der Waals surface area contributed by atoms with Crippen molar-refractivity contribution in [1.29, 1.82) is 0 Å². The zero-order chi connectivity index (χ0) is 13.5. The van der Waals surface area contributed by atoms with Crippen LogP contribution in [0.4, 0.5) is 26.3 Å². The van der Waals surface area contributed by atoms with Crippen molar-refractivity contribution in [3.05, 3.63) is 12.7 Å². The summed E-state index contributed by atoms with van der Waals surface area (Å²) in [6.07, 6.45) is -7.95. The van der Waals surface area contributed by atoms with Gasteiger partial charge in [0.05, 0.1) is 13.2 Å². The monoisotopic (exact) mass is 266 g/mol. The molecule has 0 heterocycles. The van der Waals surface area contributed by atoms with Crippen molar-refractivity contribution >= 4 is 0 Å². The second kappa shape index (κ2) is 6.85. The normalized spacial score (nSPS) is 13.1. The average molecular weight is 266 g/mol. The van der Waals surface area contributed by atoms with Gasteiger partial charge in [0.1, 0.15) is 0 Å². The van der Waals surface area contributed by atoms with E-state index in [1.807, 2.05) is 0 Å². The van der Waals surface area contributed by atoms with Gasteiger partial charge < -0.3 is 0 Å². The van der Waals surface area contributed by atoms with Gasteiger partial charge in [0.15, 0.2) is 0 Å². The molecule has 17 heavy (non-hydrogen) atoms. The third kappa shape index (κ3) is 11.5. The second-order valence-corrected chi connectivity index (χ2v) is 3.25. The van der Waals surface area contributed by atoms with Crippen molar-refractivity contribution in [1.82, 2.24) is 0 Å². The highest BCUT2D eigenvalue weighted by Crippen LogP contribution is 2.22. The van der Waals surface area contributed by atoms with Crippen LogP contribution < -0.4 is 0 Å². The number of ether oxygens (including phenoxy) is 2. The Morgan fingerprint density at radius 1 is 0.941 bits per heavy atom. The van der Waals surface area contributed by atoms with E-state index in [0.717, 1.165) is 0 Å². The highest BCUT2D eigenvalue weighted by Gasteiger charge is 2.33. The van der Waals surface area contributed by atoms with Crippen LogP contribution in [0.25, 0.3) is 0 Å². The fourth-order valence-corrected chi connectivity index (χ4v) is 0.993. The maximum atomic E-state index is 11.7. The van der Waals surface area contributed by atoms with Crippen molar-refractivity contribution in [2.24, 2.45) is 5.92 Å². The number of hydrogen-bond donors (Lipinski definition) is 0. The van der Waals surface area contributed by atoms with E-state index in [2.05, 4.69) is 16.1 Å². The summed E-state index contributed by atoms with van der Waals surface area (Å²) in [6.45, 7) is 1.59. The molecule has 8 heteroatoms. The van der Waals surface area contributed by atoms with Gasteiger partial charge >= 0.3 is 12.7 Å². The molecule has 0 aliphatic heterocycles. The Hall–Kier alpha value is -0.760. The molecule has 0 rings (SSSR count). The van der Waals surface area contributed by atoms with Crippen LogP contribution in [0.15, 0.2) is 12.7 Å². The summed E-state index contributed by atoms with van der Waals surface area (Å²) in [4.78, 5) is 0. The summed E-state index contributed by atoms with van der Waals surface area (Å²) < 4.78 is 77.2. The number of allylic oxidation sites excluding steroid dienone is 1. The largest absolute Gasteiger partial charge is 0.522 e. The van der Waals surface area contributed by atoms with Crippen molar-refractivity contribution < 1.29 is 35.8 Å². The summed E-state index contributed by atoms with van der Waals surface area (Å²) >= 11 is 0. The van der Waals surface area contributed by atoms with Gasteiger partial charge in [0.2, 0.25) is 0 Å². The quantitative estimate of drug-likeness (QED) is 0.517. The minimum atomic E-state index is -4.86. The topological polar surface area (TPSA) is 18.5 Å². The Labute approximate surface area is 94.2 Å². The second-order valence-electron chi connectivity index (χ2n) is 3.25. The van der Waals surface area contributed by atoms with Gasteiger partial charge in [-0.15, -0.1) is 32.9 Å². The molecule has 0 aliphatic rings. The predicted octanol–water partition coefficient (Wildman–Crippen LogP) is 3.64. The van der Waals surface area contributed by atoms with Crippen LogP contribution >= 0.6 is 0 Å². The molecule has 0 N–H and O–H groups in total. The lowest BCUT2D eigenvalue weighted by molar-refractivity contribution is -0.343. The van der Waals surface area contributed by atoms with Gasteiger partial charge in [0.25, 0.3) is 0 Å². The van der Waals surface area contributed by atoms with E-state index in [4.69, 9.17) is 0 Å². The summed E-state index contributed by atoms with van der Waals surface area (Å²) in [5.74, 6) is -0.990. The Kier molecular flexibility index (Phi) is 6.54. The average Bonchev–Trinajstić information content (AvgIpc) is 2.13. The molecule has 0 spiro atoms. The van der Waals surface area contributed by atoms with E-state index in [9.17, 15) is 26.3 Å². The first-order valence-corrected chi connectivity index (χ1v) is 4.66. The molecule has 102 valence electrons. The third-order valence-electron chi connectivity index (χ3n) is 1.74. The first-order valence-electron chi connectivity index (χ1n) is 4.66. The lowest BCUT2D eigenvalue weighted by atomic mass is 10.1. The van der Waals surface area contributed by atoms with Crippen molar-refractivity contribution in [3.63, 3.8) is 0 Å². The van der Waals surface area contributed by atoms with Gasteiger partial charge in [-0.2, -0.15) is 0 Å². The van der Waals surface area contributed by atoms with Gasteiger partial charge in [-0.05, 0) is 12.8 Å². The van der Waals surface area contributed by atoms with Gasteiger partial charge in [0, 0.05) is 5.92 Å². The van der Waals surface area contributed by atoms with E-state index < -0.39 is 31.9 Å². The van der Waals surface area contributed by atoms with Crippen LogP contribution in [-0.2, 0) is 9.47 Å². The van der Waals surface area contributed by atoms with Crippen LogP contribution in [0.3, 0.4) is 0 Å². The Bertz CT molecular complexity index is 205. The highest BCUT2D eigenvalue weighted by atomic mass is 19.4. The first-order chi connectivity index (χ1) is 7.64. The molecule has 0 amide bonds. The molecule has 0 fully saturated rings. The van der Waals surface area contributed by atoms with Crippen molar-refractivity contribution in [3.8, 4) is 0 Å². The Morgan fingerprint density at radius 3 is 1.65 bits per heavy atom. The predicted molar refractivity (Wildman–Crippen MR) is 46.9 cm³/mol. The van der Waals surface area contributed by atoms with E-state index in [1.54, 1.807) is 0 Å². The molecule has 0 bridgehead atoms. The van der Waals surface area contributed by atoms with E-state index in [1.165, 1.54) is 6.08 Å². The molecule has 0 saturated carbocycles. The molecular weight excluding hydrogens is 254 g/mol. The van der Waals surface area contributed by atoms with E-state index >= 15 is 0 Å². The molecule has 2 nitrogen and oxygen atoms in total. The number of alkyl halides is 6. The molecule has 0 aromatic rings. The van der Waals surface area contributed by atoms with Crippen LogP contribution in [0, 0.1) is 5.92 Å². The summed E-state index contributed by atoms with van der Waals surface area (Å²) in [6, 6.07) is 0. The standard InChI is InChI=1S/C9H12F6O2/c1-2-3-4-7(5-16-8(10,11)12)6-17-9(13,14)15/h2,7H,1,3-6H2. The fourth-order valence-electron chi connectivity index (χ4n) is 0.993. The SMILES string of the molecule is C=CCCC(COC(F)(F)F)COC(F)(F)F. The molecule has 0 aliphatic carbocycles.